The number of aryl methyl sites for hydroxylation is 1. The van der Waals surface area contributed by atoms with E-state index in [1.807, 2.05) is 57.2 Å². The molecule has 0 saturated carbocycles. The van der Waals surface area contributed by atoms with Gasteiger partial charge < -0.3 is 15.5 Å². The maximum atomic E-state index is 12.8. The van der Waals surface area contributed by atoms with Gasteiger partial charge in [-0.05, 0) is 30.0 Å². The third-order valence-corrected chi connectivity index (χ3v) is 4.74. The van der Waals surface area contributed by atoms with Gasteiger partial charge in [0.2, 0.25) is 5.91 Å². The van der Waals surface area contributed by atoms with Crippen LogP contribution in [-0.2, 0) is 17.9 Å². The minimum atomic E-state index is -0.584. The van der Waals surface area contributed by atoms with E-state index in [0.717, 1.165) is 17.7 Å². The maximum absolute atomic E-state index is 12.8. The van der Waals surface area contributed by atoms with Gasteiger partial charge in [0, 0.05) is 17.7 Å². The van der Waals surface area contributed by atoms with Crippen molar-refractivity contribution in [2.75, 3.05) is 14.1 Å². The zero-order valence-corrected chi connectivity index (χ0v) is 17.5. The van der Waals surface area contributed by atoms with Gasteiger partial charge in [-0.2, -0.15) is 0 Å². The summed E-state index contributed by atoms with van der Waals surface area (Å²) in [5.41, 5.74) is 3.81. The van der Waals surface area contributed by atoms with E-state index in [9.17, 15) is 9.59 Å². The molecule has 2 amide bonds. The highest BCUT2D eigenvalue weighted by Crippen LogP contribution is 2.11. The molecule has 0 saturated heterocycles. The number of carbonyl (C=O) groups excluding carboxylic acids is 2. The number of nitrogens with one attached hydrogen (secondary N) is 3. The van der Waals surface area contributed by atoms with Crippen LogP contribution < -0.4 is 15.5 Å². The summed E-state index contributed by atoms with van der Waals surface area (Å²) in [5.74, 6) is -0.401. The largest absolute Gasteiger partial charge is 0.350 e. The first-order valence-corrected chi connectivity index (χ1v) is 9.79. The van der Waals surface area contributed by atoms with Crippen LogP contribution in [0.5, 0.6) is 0 Å². The van der Waals surface area contributed by atoms with Gasteiger partial charge in [0.1, 0.15) is 12.6 Å². The zero-order chi connectivity index (χ0) is 20.7. The van der Waals surface area contributed by atoms with Crippen LogP contribution in [0, 0.1) is 12.8 Å². The van der Waals surface area contributed by atoms with Crippen molar-refractivity contribution in [3.8, 4) is 0 Å². The SMILES string of the molecule is Cc1ccccc1C(=O)N[C@H](C(=O)NCc1ccccc1C[NH+](C)C)C(C)C. The second-order valence-electron chi connectivity index (χ2n) is 7.88. The average Bonchev–Trinajstić information content (AvgIpc) is 2.64. The molecule has 0 aliphatic rings. The normalized spacial score (nSPS) is 12.1. The first-order chi connectivity index (χ1) is 13.3. The summed E-state index contributed by atoms with van der Waals surface area (Å²) >= 11 is 0. The molecule has 0 aliphatic carbocycles. The lowest BCUT2D eigenvalue weighted by molar-refractivity contribution is -0.872. The average molecular weight is 383 g/mol. The Balaban J connectivity index is 2.06. The molecule has 0 aromatic heterocycles. The second kappa shape index (κ2) is 10.0. The van der Waals surface area contributed by atoms with E-state index in [0.29, 0.717) is 12.1 Å². The smallest absolute Gasteiger partial charge is 0.252 e. The van der Waals surface area contributed by atoms with Crippen molar-refractivity contribution in [3.63, 3.8) is 0 Å². The summed E-state index contributed by atoms with van der Waals surface area (Å²) in [6, 6.07) is 14.9. The highest BCUT2D eigenvalue weighted by molar-refractivity contribution is 5.98. The number of carbonyl (C=O) groups is 2. The van der Waals surface area contributed by atoms with Crippen molar-refractivity contribution in [1.29, 1.82) is 0 Å². The van der Waals surface area contributed by atoms with Gasteiger partial charge in [-0.1, -0.05) is 56.3 Å². The minimum absolute atomic E-state index is 0.0190. The first-order valence-electron chi connectivity index (χ1n) is 9.79. The quantitative estimate of drug-likeness (QED) is 0.651. The van der Waals surface area contributed by atoms with Gasteiger partial charge in [0.25, 0.3) is 5.91 Å². The molecule has 0 unspecified atom stereocenters. The molecule has 0 spiro atoms. The van der Waals surface area contributed by atoms with Crippen molar-refractivity contribution >= 4 is 11.8 Å². The monoisotopic (exact) mass is 382 g/mol. The molecule has 3 N–H and O–H groups in total. The predicted octanol–water partition coefficient (Wildman–Crippen LogP) is 1.71. The fraction of sp³-hybridized carbons (Fsp3) is 0.391. The summed E-state index contributed by atoms with van der Waals surface area (Å²) in [7, 11) is 4.20. The number of quaternary nitrogens is 1. The standard InChI is InChI=1S/C23H31N3O2/c1-16(2)21(25-22(27)20-13-9-6-10-17(20)3)23(28)24-14-18-11-7-8-12-19(18)15-26(4)5/h6-13,16,21H,14-15H2,1-5H3,(H,24,28)(H,25,27)/p+1/t21-/m0/s1. The molecule has 0 heterocycles. The molecule has 5 nitrogen and oxygen atoms in total. The molecule has 0 aliphatic heterocycles. The van der Waals surface area contributed by atoms with Crippen molar-refractivity contribution in [2.24, 2.45) is 5.92 Å². The Morgan fingerprint density at radius 2 is 1.57 bits per heavy atom. The predicted molar refractivity (Wildman–Crippen MR) is 112 cm³/mol. The lowest BCUT2D eigenvalue weighted by atomic mass is 10.0. The van der Waals surface area contributed by atoms with Crippen molar-refractivity contribution in [1.82, 2.24) is 10.6 Å². The van der Waals surface area contributed by atoms with Crippen LogP contribution in [0.2, 0.25) is 0 Å². The van der Waals surface area contributed by atoms with Gasteiger partial charge in [0.05, 0.1) is 14.1 Å². The molecule has 0 bridgehead atoms. The highest BCUT2D eigenvalue weighted by atomic mass is 16.2. The Morgan fingerprint density at radius 3 is 2.18 bits per heavy atom. The van der Waals surface area contributed by atoms with E-state index in [1.54, 1.807) is 6.07 Å². The van der Waals surface area contributed by atoms with E-state index in [4.69, 9.17) is 0 Å². The summed E-state index contributed by atoms with van der Waals surface area (Å²) in [6.45, 7) is 7.11. The van der Waals surface area contributed by atoms with Crippen LogP contribution in [0.4, 0.5) is 0 Å². The maximum Gasteiger partial charge on any atom is 0.252 e. The van der Waals surface area contributed by atoms with Crippen molar-refractivity contribution < 1.29 is 14.5 Å². The molecule has 150 valence electrons. The Hall–Kier alpha value is -2.66. The molecular weight excluding hydrogens is 350 g/mol. The van der Waals surface area contributed by atoms with Crippen LogP contribution in [0.15, 0.2) is 48.5 Å². The summed E-state index contributed by atoms with van der Waals surface area (Å²) in [5, 5.41) is 5.90. The molecule has 1 atom stereocenters. The third kappa shape index (κ3) is 5.92. The Kier molecular flexibility index (Phi) is 7.76. The Morgan fingerprint density at radius 1 is 0.964 bits per heavy atom. The number of rotatable bonds is 8. The number of hydrogen-bond donors (Lipinski definition) is 3. The topological polar surface area (TPSA) is 62.6 Å². The van der Waals surface area contributed by atoms with Gasteiger partial charge >= 0.3 is 0 Å². The second-order valence-corrected chi connectivity index (χ2v) is 7.88. The minimum Gasteiger partial charge on any atom is -0.350 e. The molecule has 5 heteroatoms. The molecule has 28 heavy (non-hydrogen) atoms. The van der Waals surface area contributed by atoms with Crippen LogP contribution in [-0.4, -0.2) is 32.0 Å². The lowest BCUT2D eigenvalue weighted by Crippen LogP contribution is -3.04. The van der Waals surface area contributed by atoms with Gasteiger partial charge in [-0.3, -0.25) is 9.59 Å². The summed E-state index contributed by atoms with van der Waals surface area (Å²) < 4.78 is 0. The van der Waals surface area contributed by atoms with Crippen LogP contribution in [0.1, 0.15) is 40.9 Å². The third-order valence-electron chi connectivity index (χ3n) is 4.74. The van der Waals surface area contributed by atoms with Crippen molar-refractivity contribution in [3.05, 3.63) is 70.8 Å². The van der Waals surface area contributed by atoms with E-state index in [-0.39, 0.29) is 17.7 Å². The Bertz CT molecular complexity index is 815. The van der Waals surface area contributed by atoms with Gasteiger partial charge in [-0.25, -0.2) is 0 Å². The summed E-state index contributed by atoms with van der Waals surface area (Å²) in [6.07, 6.45) is 0. The first kappa shape index (κ1) is 21.6. The molecule has 0 fully saturated rings. The molecule has 0 radical (unpaired) electrons. The molecule has 2 aromatic rings. The zero-order valence-electron chi connectivity index (χ0n) is 17.5. The van der Waals surface area contributed by atoms with Gasteiger partial charge in [0.15, 0.2) is 0 Å². The van der Waals surface area contributed by atoms with E-state index in [2.05, 4.69) is 30.8 Å². The van der Waals surface area contributed by atoms with Crippen LogP contribution in [0.3, 0.4) is 0 Å². The fourth-order valence-electron chi connectivity index (χ4n) is 3.16. The van der Waals surface area contributed by atoms with Crippen LogP contribution in [0.25, 0.3) is 0 Å². The number of benzene rings is 2. The highest BCUT2D eigenvalue weighted by Gasteiger charge is 2.25. The van der Waals surface area contributed by atoms with Crippen LogP contribution >= 0.6 is 0 Å². The number of amides is 2. The van der Waals surface area contributed by atoms with E-state index >= 15 is 0 Å². The molecule has 2 rings (SSSR count). The summed E-state index contributed by atoms with van der Waals surface area (Å²) in [4.78, 5) is 26.8. The number of hydrogen-bond acceptors (Lipinski definition) is 2. The fourth-order valence-corrected chi connectivity index (χ4v) is 3.16. The van der Waals surface area contributed by atoms with E-state index < -0.39 is 6.04 Å². The van der Waals surface area contributed by atoms with E-state index in [1.165, 1.54) is 10.5 Å². The van der Waals surface area contributed by atoms with Gasteiger partial charge in [-0.15, -0.1) is 0 Å². The lowest BCUT2D eigenvalue weighted by Gasteiger charge is -2.22. The molecule has 2 aromatic carbocycles. The van der Waals surface area contributed by atoms with Crippen molar-refractivity contribution in [2.45, 2.75) is 39.9 Å². The molecular formula is C23H32N3O2+. The Labute approximate surface area is 168 Å².